The molecule has 0 aliphatic carbocycles. The van der Waals surface area contributed by atoms with Gasteiger partial charge in [-0.25, -0.2) is 0 Å². The highest BCUT2D eigenvalue weighted by atomic mass is 16.3. The first kappa shape index (κ1) is 22.3. The molecule has 0 aromatic heterocycles. The zero-order chi connectivity index (χ0) is 23.5. The summed E-state index contributed by atoms with van der Waals surface area (Å²) in [5.41, 5.74) is 6.91. The number of aromatic hydroxyl groups is 4. The number of aryl methyl sites for hydroxylation is 2. The Balaban J connectivity index is 1.66. The zero-order valence-electron chi connectivity index (χ0n) is 18.8. The minimum atomic E-state index is 0.198. The van der Waals surface area contributed by atoms with E-state index in [0.717, 1.165) is 44.5 Å². The molecule has 4 aromatic carbocycles. The minimum absolute atomic E-state index is 0.198. The first-order valence-electron chi connectivity index (χ1n) is 11.0. The summed E-state index contributed by atoms with van der Waals surface area (Å²) < 4.78 is 0. The smallest absolute Gasteiger partial charge is 0.122 e. The van der Waals surface area contributed by atoms with Crippen molar-refractivity contribution in [1.29, 1.82) is 0 Å². The van der Waals surface area contributed by atoms with E-state index in [-0.39, 0.29) is 23.0 Å². The van der Waals surface area contributed by atoms with Crippen LogP contribution in [0.15, 0.2) is 72.8 Å². The second-order valence-electron chi connectivity index (χ2n) is 8.73. The first-order valence-corrected chi connectivity index (χ1v) is 11.0. The van der Waals surface area contributed by atoms with Crippen molar-refractivity contribution in [1.82, 2.24) is 0 Å². The molecule has 0 heterocycles. The van der Waals surface area contributed by atoms with Crippen molar-refractivity contribution in [3.8, 4) is 23.0 Å². The van der Waals surface area contributed by atoms with Crippen LogP contribution >= 0.6 is 0 Å². The largest absolute Gasteiger partial charge is 0.508 e. The number of phenols is 4. The fourth-order valence-electron chi connectivity index (χ4n) is 4.39. The molecular formula is C29H28O4. The lowest BCUT2D eigenvalue weighted by atomic mass is 9.92. The molecule has 0 radical (unpaired) electrons. The van der Waals surface area contributed by atoms with Gasteiger partial charge >= 0.3 is 0 Å². The highest BCUT2D eigenvalue weighted by molar-refractivity contribution is 5.52. The summed E-state index contributed by atoms with van der Waals surface area (Å²) in [7, 11) is 0. The van der Waals surface area contributed by atoms with E-state index in [1.54, 1.807) is 36.4 Å². The Kier molecular flexibility index (Phi) is 6.27. The zero-order valence-corrected chi connectivity index (χ0v) is 18.8. The molecule has 0 spiro atoms. The average Bonchev–Trinajstić information content (AvgIpc) is 2.75. The van der Waals surface area contributed by atoms with E-state index in [0.29, 0.717) is 19.3 Å². The van der Waals surface area contributed by atoms with Crippen LogP contribution in [0.5, 0.6) is 23.0 Å². The van der Waals surface area contributed by atoms with Crippen LogP contribution in [0.3, 0.4) is 0 Å². The van der Waals surface area contributed by atoms with Crippen LogP contribution in [0.25, 0.3) is 0 Å². The van der Waals surface area contributed by atoms with Crippen molar-refractivity contribution in [2.24, 2.45) is 0 Å². The highest BCUT2D eigenvalue weighted by Gasteiger charge is 2.15. The summed E-state index contributed by atoms with van der Waals surface area (Å²) in [6.45, 7) is 3.97. The van der Waals surface area contributed by atoms with Gasteiger partial charge in [0.25, 0.3) is 0 Å². The molecule has 0 unspecified atom stereocenters. The third-order valence-electron chi connectivity index (χ3n) is 5.82. The van der Waals surface area contributed by atoms with Crippen LogP contribution in [0, 0.1) is 13.8 Å². The fraction of sp³-hybridized carbons (Fsp3) is 0.172. The Labute approximate surface area is 194 Å². The predicted molar refractivity (Wildman–Crippen MR) is 130 cm³/mol. The van der Waals surface area contributed by atoms with Crippen LogP contribution in [-0.4, -0.2) is 20.4 Å². The number of phenolic OH excluding ortho intramolecular Hbond substituents is 4. The van der Waals surface area contributed by atoms with Gasteiger partial charge in [0.15, 0.2) is 0 Å². The Morgan fingerprint density at radius 3 is 1.21 bits per heavy atom. The van der Waals surface area contributed by atoms with E-state index in [1.165, 1.54) is 0 Å². The van der Waals surface area contributed by atoms with Gasteiger partial charge in [-0.2, -0.15) is 0 Å². The molecule has 0 fully saturated rings. The Morgan fingerprint density at radius 1 is 0.485 bits per heavy atom. The molecule has 0 aliphatic heterocycles. The Bertz CT molecular complexity index is 1210. The van der Waals surface area contributed by atoms with Gasteiger partial charge in [-0.1, -0.05) is 59.7 Å². The second kappa shape index (κ2) is 9.29. The summed E-state index contributed by atoms with van der Waals surface area (Å²) in [5.74, 6) is 0.811. The maximum absolute atomic E-state index is 11.0. The van der Waals surface area contributed by atoms with Gasteiger partial charge in [-0.3, -0.25) is 0 Å². The Hall–Kier alpha value is -3.92. The monoisotopic (exact) mass is 440 g/mol. The van der Waals surface area contributed by atoms with Gasteiger partial charge < -0.3 is 20.4 Å². The highest BCUT2D eigenvalue weighted by Crippen LogP contribution is 2.34. The summed E-state index contributed by atoms with van der Waals surface area (Å²) in [5, 5.41) is 41.6. The molecule has 33 heavy (non-hydrogen) atoms. The third kappa shape index (κ3) is 5.29. The lowest BCUT2D eigenvalue weighted by Crippen LogP contribution is -1.99. The van der Waals surface area contributed by atoms with Crippen molar-refractivity contribution >= 4 is 0 Å². The summed E-state index contributed by atoms with van der Waals surface area (Å²) in [6, 6.07) is 21.8. The van der Waals surface area contributed by atoms with Crippen molar-refractivity contribution in [3.63, 3.8) is 0 Å². The fourth-order valence-corrected chi connectivity index (χ4v) is 4.39. The van der Waals surface area contributed by atoms with Gasteiger partial charge in [0.2, 0.25) is 0 Å². The second-order valence-corrected chi connectivity index (χ2v) is 8.73. The molecule has 4 nitrogen and oxygen atoms in total. The Morgan fingerprint density at radius 2 is 0.848 bits per heavy atom. The molecule has 4 rings (SSSR count). The summed E-state index contributed by atoms with van der Waals surface area (Å²) >= 11 is 0. The molecule has 4 heteroatoms. The van der Waals surface area contributed by atoms with E-state index in [4.69, 9.17) is 0 Å². The molecule has 0 saturated heterocycles. The average molecular weight is 441 g/mol. The third-order valence-corrected chi connectivity index (χ3v) is 5.82. The molecule has 0 bridgehead atoms. The maximum atomic E-state index is 11.0. The normalized spacial score (nSPS) is 11.0. The molecule has 4 aromatic rings. The molecule has 168 valence electrons. The summed E-state index contributed by atoms with van der Waals surface area (Å²) in [4.78, 5) is 0. The van der Waals surface area contributed by atoms with Gasteiger partial charge in [-0.05, 0) is 71.5 Å². The molecular weight excluding hydrogens is 412 g/mol. The van der Waals surface area contributed by atoms with Crippen LogP contribution in [0.2, 0.25) is 0 Å². The molecule has 0 amide bonds. The van der Waals surface area contributed by atoms with Crippen molar-refractivity contribution in [2.45, 2.75) is 33.1 Å². The molecule has 0 atom stereocenters. The topological polar surface area (TPSA) is 80.9 Å². The van der Waals surface area contributed by atoms with Crippen LogP contribution in [0.4, 0.5) is 0 Å². The first-order chi connectivity index (χ1) is 15.8. The lowest BCUT2D eigenvalue weighted by Gasteiger charge is -2.15. The van der Waals surface area contributed by atoms with Crippen LogP contribution < -0.4 is 0 Å². The van der Waals surface area contributed by atoms with E-state index >= 15 is 0 Å². The van der Waals surface area contributed by atoms with Crippen molar-refractivity contribution < 1.29 is 20.4 Å². The molecule has 4 N–H and O–H groups in total. The van der Waals surface area contributed by atoms with Gasteiger partial charge in [0, 0.05) is 19.3 Å². The molecule has 0 aliphatic rings. The van der Waals surface area contributed by atoms with E-state index < -0.39 is 0 Å². The van der Waals surface area contributed by atoms with Gasteiger partial charge in [0.1, 0.15) is 23.0 Å². The SMILES string of the molecule is Cc1cc(Cc2cccc(O)c2)c(O)c(Cc2cc(C)cc(Cc3cccc(O)c3)c2O)c1. The maximum Gasteiger partial charge on any atom is 0.122 e. The van der Waals surface area contributed by atoms with Crippen molar-refractivity contribution in [3.05, 3.63) is 117 Å². The van der Waals surface area contributed by atoms with Gasteiger partial charge in [0.05, 0.1) is 0 Å². The van der Waals surface area contributed by atoms with Gasteiger partial charge in [-0.15, -0.1) is 0 Å². The van der Waals surface area contributed by atoms with E-state index in [9.17, 15) is 20.4 Å². The summed E-state index contributed by atoms with van der Waals surface area (Å²) in [6.07, 6.45) is 1.38. The van der Waals surface area contributed by atoms with Crippen LogP contribution in [0.1, 0.15) is 44.5 Å². The number of rotatable bonds is 6. The minimum Gasteiger partial charge on any atom is -0.508 e. The number of hydrogen-bond donors (Lipinski definition) is 4. The van der Waals surface area contributed by atoms with Crippen molar-refractivity contribution in [2.75, 3.05) is 0 Å². The lowest BCUT2D eigenvalue weighted by molar-refractivity contribution is 0.456. The van der Waals surface area contributed by atoms with E-state index in [2.05, 4.69) is 0 Å². The number of benzene rings is 4. The van der Waals surface area contributed by atoms with Crippen LogP contribution in [-0.2, 0) is 19.3 Å². The standard InChI is InChI=1S/C29H28O4/c1-18-9-22(13-20-5-3-7-26(30)15-20)28(32)24(11-18)17-25-12-19(2)10-23(29(25)33)14-21-6-4-8-27(31)16-21/h3-12,15-16,30-33H,13-14,17H2,1-2H3. The molecule has 0 saturated carbocycles. The van der Waals surface area contributed by atoms with E-state index in [1.807, 2.05) is 50.2 Å². The number of hydrogen-bond acceptors (Lipinski definition) is 4. The quantitative estimate of drug-likeness (QED) is 0.301. The predicted octanol–water partition coefficient (Wildman–Crippen LogP) is 5.90.